The van der Waals surface area contributed by atoms with Crippen molar-refractivity contribution in [2.45, 2.75) is 26.3 Å². The number of hydrazine groups is 1. The molecule has 5 nitrogen and oxygen atoms in total. The second kappa shape index (κ2) is 4.89. The molecular weight excluding hydrogens is 258 g/mol. The molecule has 0 saturated heterocycles. The Labute approximate surface area is 107 Å². The van der Waals surface area contributed by atoms with Crippen molar-refractivity contribution >= 4 is 21.8 Å². The lowest BCUT2D eigenvalue weighted by atomic mass is 10.1. The number of nitrogens with one attached hydrogen (secondary N) is 1. The van der Waals surface area contributed by atoms with E-state index in [-0.39, 0.29) is 6.04 Å². The van der Waals surface area contributed by atoms with Crippen LogP contribution in [0.4, 0.5) is 0 Å². The molecular formula is C10H19N3O2S2. The molecule has 0 bridgehead atoms. The van der Waals surface area contributed by atoms with Crippen LogP contribution in [0.25, 0.3) is 0 Å². The van der Waals surface area contributed by atoms with E-state index < -0.39 is 10.0 Å². The fraction of sp³-hybridized carbons (Fsp3) is 0.800. The summed E-state index contributed by atoms with van der Waals surface area (Å²) in [5.41, 5.74) is 2.70. The van der Waals surface area contributed by atoms with Gasteiger partial charge in [0.25, 0.3) is 0 Å². The highest BCUT2D eigenvalue weighted by Crippen LogP contribution is 2.41. The van der Waals surface area contributed by atoms with Gasteiger partial charge in [-0.15, -0.1) is 11.8 Å². The zero-order chi connectivity index (χ0) is 12.6. The van der Waals surface area contributed by atoms with Gasteiger partial charge in [0, 0.05) is 29.8 Å². The number of thioether (sulfide) groups is 1. The van der Waals surface area contributed by atoms with Gasteiger partial charge < -0.3 is 0 Å². The monoisotopic (exact) mass is 277 g/mol. The Hall–Kier alpha value is -0.0800. The van der Waals surface area contributed by atoms with Crippen LogP contribution in [0.2, 0.25) is 0 Å². The zero-order valence-corrected chi connectivity index (χ0v) is 11.8. The maximum absolute atomic E-state index is 12.2. The molecule has 0 aromatic heterocycles. The fourth-order valence-electron chi connectivity index (χ4n) is 2.13. The van der Waals surface area contributed by atoms with Gasteiger partial charge in [-0.05, 0) is 12.3 Å². The minimum atomic E-state index is -3.21. The third kappa shape index (κ3) is 2.39. The molecule has 7 heteroatoms. The molecule has 0 amide bonds. The Balaban J connectivity index is 2.11. The van der Waals surface area contributed by atoms with Gasteiger partial charge in [0.2, 0.25) is 10.0 Å². The second-order valence-electron chi connectivity index (χ2n) is 4.76. The quantitative estimate of drug-likeness (QED) is 0.577. The van der Waals surface area contributed by atoms with E-state index in [1.54, 1.807) is 16.1 Å². The molecule has 0 aliphatic carbocycles. The number of nitrogens with zero attached hydrogens (tertiary/aromatic N) is 1. The molecule has 98 valence electrons. The number of allylic oxidation sites excluding steroid dienone is 1. The van der Waals surface area contributed by atoms with Crippen molar-refractivity contribution in [1.82, 2.24) is 9.73 Å². The van der Waals surface area contributed by atoms with E-state index in [1.165, 1.54) is 0 Å². The van der Waals surface area contributed by atoms with Crippen molar-refractivity contribution in [2.24, 2.45) is 11.8 Å². The Morgan fingerprint density at radius 2 is 2.24 bits per heavy atom. The molecule has 17 heavy (non-hydrogen) atoms. The lowest BCUT2D eigenvalue weighted by Gasteiger charge is -2.25. The smallest absolute Gasteiger partial charge is 0.240 e. The molecule has 2 aliphatic rings. The van der Waals surface area contributed by atoms with E-state index in [1.807, 2.05) is 13.8 Å². The first kappa shape index (κ1) is 13.4. The van der Waals surface area contributed by atoms with Crippen molar-refractivity contribution in [3.8, 4) is 0 Å². The van der Waals surface area contributed by atoms with Crippen LogP contribution in [-0.4, -0.2) is 37.6 Å². The van der Waals surface area contributed by atoms with Crippen LogP contribution >= 0.6 is 11.8 Å². The Bertz CT molecular complexity index is 431. The van der Waals surface area contributed by atoms with E-state index in [2.05, 4.69) is 5.43 Å². The summed E-state index contributed by atoms with van der Waals surface area (Å²) in [6.07, 6.45) is 0.682. The van der Waals surface area contributed by atoms with E-state index in [0.29, 0.717) is 30.3 Å². The molecule has 1 atom stereocenters. The van der Waals surface area contributed by atoms with Gasteiger partial charge in [0.05, 0.1) is 4.91 Å². The molecule has 0 fully saturated rings. The van der Waals surface area contributed by atoms with Gasteiger partial charge in [-0.1, -0.05) is 13.8 Å². The Kier molecular flexibility index (Phi) is 3.84. The summed E-state index contributed by atoms with van der Waals surface area (Å²) in [6, 6.07) is -0.00481. The molecule has 0 aromatic rings. The van der Waals surface area contributed by atoms with Crippen molar-refractivity contribution in [3.05, 3.63) is 9.81 Å². The van der Waals surface area contributed by atoms with Crippen molar-refractivity contribution < 1.29 is 8.42 Å². The van der Waals surface area contributed by atoms with Crippen molar-refractivity contribution in [3.63, 3.8) is 0 Å². The summed E-state index contributed by atoms with van der Waals surface area (Å²) in [4.78, 5) is 1.67. The lowest BCUT2D eigenvalue weighted by molar-refractivity contribution is 0.325. The van der Waals surface area contributed by atoms with Gasteiger partial charge in [-0.3, -0.25) is 11.3 Å². The summed E-state index contributed by atoms with van der Waals surface area (Å²) < 4.78 is 26.0. The predicted molar refractivity (Wildman–Crippen MR) is 70.5 cm³/mol. The van der Waals surface area contributed by atoms with Crippen LogP contribution in [0.1, 0.15) is 20.3 Å². The number of hydrogen-bond donors (Lipinski definition) is 2. The van der Waals surface area contributed by atoms with Gasteiger partial charge >= 0.3 is 0 Å². The SMILES string of the molecule is CC(C)[C@@H](CN1CC2=C(CCS2)S1(=O)=O)NN. The first-order chi connectivity index (χ1) is 7.96. The summed E-state index contributed by atoms with van der Waals surface area (Å²) in [6.45, 7) is 5.05. The minimum absolute atomic E-state index is 0.00481. The van der Waals surface area contributed by atoms with Crippen molar-refractivity contribution in [1.29, 1.82) is 0 Å². The molecule has 3 N–H and O–H groups in total. The Morgan fingerprint density at radius 1 is 1.53 bits per heavy atom. The van der Waals surface area contributed by atoms with E-state index in [9.17, 15) is 8.42 Å². The average molecular weight is 277 g/mol. The van der Waals surface area contributed by atoms with E-state index in [0.717, 1.165) is 10.7 Å². The largest absolute Gasteiger partial charge is 0.271 e. The molecule has 0 aromatic carbocycles. The maximum atomic E-state index is 12.2. The number of hydrogen-bond acceptors (Lipinski definition) is 5. The summed E-state index contributed by atoms with van der Waals surface area (Å²) in [7, 11) is -3.21. The van der Waals surface area contributed by atoms with Crippen LogP contribution in [0.5, 0.6) is 0 Å². The van der Waals surface area contributed by atoms with Crippen molar-refractivity contribution in [2.75, 3.05) is 18.8 Å². The lowest BCUT2D eigenvalue weighted by Crippen LogP contribution is -2.48. The highest BCUT2D eigenvalue weighted by atomic mass is 32.2. The highest BCUT2D eigenvalue weighted by Gasteiger charge is 2.40. The van der Waals surface area contributed by atoms with Gasteiger partial charge in [0.1, 0.15) is 0 Å². The van der Waals surface area contributed by atoms with Crippen LogP contribution < -0.4 is 11.3 Å². The van der Waals surface area contributed by atoms with Crippen LogP contribution in [0.15, 0.2) is 9.81 Å². The maximum Gasteiger partial charge on any atom is 0.240 e. The average Bonchev–Trinajstić information content (AvgIpc) is 2.78. The third-order valence-corrected chi connectivity index (χ3v) is 6.60. The van der Waals surface area contributed by atoms with Crippen LogP contribution in [0, 0.1) is 5.92 Å². The van der Waals surface area contributed by atoms with Crippen LogP contribution in [0.3, 0.4) is 0 Å². The molecule has 0 spiro atoms. The third-order valence-electron chi connectivity index (χ3n) is 3.31. The van der Waals surface area contributed by atoms with Gasteiger partial charge in [0.15, 0.2) is 0 Å². The second-order valence-corrected chi connectivity index (χ2v) is 7.91. The molecule has 0 radical (unpaired) electrons. The van der Waals surface area contributed by atoms with E-state index >= 15 is 0 Å². The molecule has 0 unspecified atom stereocenters. The predicted octanol–water partition coefficient (Wildman–Crippen LogP) is 0.468. The Morgan fingerprint density at radius 3 is 2.76 bits per heavy atom. The zero-order valence-electron chi connectivity index (χ0n) is 10.1. The normalized spacial score (nSPS) is 25.6. The number of rotatable bonds is 4. The highest BCUT2D eigenvalue weighted by molar-refractivity contribution is 8.05. The first-order valence-corrected chi connectivity index (χ1v) is 8.20. The molecule has 0 saturated carbocycles. The fourth-order valence-corrected chi connectivity index (χ4v) is 5.58. The summed E-state index contributed by atoms with van der Waals surface area (Å²) >= 11 is 1.67. The number of nitrogens with two attached hydrogens (primary N) is 1. The topological polar surface area (TPSA) is 75.4 Å². The standard InChI is InChI=1S/C10H19N3O2S2/c1-7(2)8(12-11)5-13-6-9-10(3-4-16-9)17(13,14)15/h7-8,12H,3-6,11H2,1-2H3/t8-/m1/s1. The summed E-state index contributed by atoms with van der Waals surface area (Å²) in [5.74, 6) is 6.67. The number of sulfonamides is 1. The van der Waals surface area contributed by atoms with Crippen LogP contribution in [-0.2, 0) is 10.0 Å². The molecule has 2 aliphatic heterocycles. The summed E-state index contributed by atoms with van der Waals surface area (Å²) in [5, 5.41) is 0. The van der Waals surface area contributed by atoms with Gasteiger partial charge in [-0.2, -0.15) is 4.31 Å². The molecule has 2 heterocycles. The minimum Gasteiger partial charge on any atom is -0.271 e. The van der Waals surface area contributed by atoms with E-state index in [4.69, 9.17) is 5.84 Å². The first-order valence-electron chi connectivity index (χ1n) is 5.78. The van der Waals surface area contributed by atoms with Gasteiger partial charge in [-0.25, -0.2) is 8.42 Å². The molecule has 2 rings (SSSR count).